The molecule has 5 nitrogen and oxygen atoms in total. The second kappa shape index (κ2) is 6.00. The zero-order valence-corrected chi connectivity index (χ0v) is 10.7. The zero-order valence-electron chi connectivity index (χ0n) is 10.7. The highest BCUT2D eigenvalue weighted by Gasteiger charge is 2.24. The summed E-state index contributed by atoms with van der Waals surface area (Å²) in [6.45, 7) is 4.03. The number of rotatable bonds is 4. The molecule has 100 valence electrons. The number of allylic oxidation sites excluding steroid dienone is 1. The molecule has 1 saturated heterocycles. The van der Waals surface area contributed by atoms with Gasteiger partial charge in [0.25, 0.3) is 5.91 Å². The fourth-order valence-corrected chi connectivity index (χ4v) is 1.92. The van der Waals surface area contributed by atoms with Crippen LogP contribution in [0.5, 0.6) is 0 Å². The van der Waals surface area contributed by atoms with Crippen molar-refractivity contribution in [3.05, 3.63) is 11.6 Å². The van der Waals surface area contributed by atoms with Gasteiger partial charge >= 0.3 is 5.97 Å². The number of carbonyl (C=O) groups excluding carboxylic acids is 2. The van der Waals surface area contributed by atoms with Gasteiger partial charge in [0, 0.05) is 19.2 Å². The summed E-state index contributed by atoms with van der Waals surface area (Å²) in [6, 6.07) is 0. The second-order valence-electron chi connectivity index (χ2n) is 4.76. The lowest BCUT2D eigenvalue weighted by molar-refractivity contribution is -0.150. The highest BCUT2D eigenvalue weighted by molar-refractivity contribution is 5.86. The first-order valence-electron chi connectivity index (χ1n) is 6.37. The van der Waals surface area contributed by atoms with Gasteiger partial charge < -0.3 is 14.4 Å². The molecule has 18 heavy (non-hydrogen) atoms. The highest BCUT2D eigenvalue weighted by Crippen LogP contribution is 2.35. The molecule has 1 amide bonds. The number of carbonyl (C=O) groups is 2. The Hall–Kier alpha value is -1.36. The van der Waals surface area contributed by atoms with Gasteiger partial charge in [-0.05, 0) is 25.7 Å². The monoisotopic (exact) mass is 253 g/mol. The normalized spacial score (nSPS) is 20.7. The van der Waals surface area contributed by atoms with Gasteiger partial charge in [-0.15, -0.1) is 0 Å². The topological polar surface area (TPSA) is 55.8 Å². The summed E-state index contributed by atoms with van der Waals surface area (Å²) in [7, 11) is 0. The van der Waals surface area contributed by atoms with Gasteiger partial charge in [-0.2, -0.15) is 0 Å². The molecule has 0 bridgehead atoms. The maximum atomic E-state index is 11.7. The van der Waals surface area contributed by atoms with Gasteiger partial charge in [0.05, 0.1) is 13.2 Å². The van der Waals surface area contributed by atoms with Crippen LogP contribution in [-0.4, -0.2) is 49.7 Å². The SMILES string of the molecule is C/C(=C\C(=O)OCC(=O)N1CCOCC1)C1CC1. The third-order valence-corrected chi connectivity index (χ3v) is 3.27. The van der Waals surface area contributed by atoms with E-state index in [9.17, 15) is 9.59 Å². The molecule has 0 aromatic heterocycles. The van der Waals surface area contributed by atoms with Gasteiger partial charge in [0.15, 0.2) is 6.61 Å². The first-order chi connectivity index (χ1) is 8.66. The summed E-state index contributed by atoms with van der Waals surface area (Å²) in [5, 5.41) is 0. The molecule has 1 aliphatic carbocycles. The maximum Gasteiger partial charge on any atom is 0.331 e. The van der Waals surface area contributed by atoms with E-state index < -0.39 is 5.97 Å². The van der Waals surface area contributed by atoms with Gasteiger partial charge in [0.2, 0.25) is 0 Å². The molecular formula is C13H19NO4. The number of esters is 1. The zero-order chi connectivity index (χ0) is 13.0. The molecule has 2 rings (SSSR count). The molecule has 0 atom stereocenters. The number of morpholine rings is 1. The highest BCUT2D eigenvalue weighted by atomic mass is 16.5. The Morgan fingerprint density at radius 3 is 2.61 bits per heavy atom. The van der Waals surface area contributed by atoms with E-state index in [0.29, 0.717) is 32.2 Å². The van der Waals surface area contributed by atoms with Crippen LogP contribution >= 0.6 is 0 Å². The molecule has 0 radical (unpaired) electrons. The second-order valence-corrected chi connectivity index (χ2v) is 4.76. The molecule has 0 N–H and O–H groups in total. The molecule has 1 aliphatic heterocycles. The van der Waals surface area contributed by atoms with Gasteiger partial charge in [0.1, 0.15) is 0 Å². The molecular weight excluding hydrogens is 234 g/mol. The number of ether oxygens (including phenoxy) is 2. The van der Waals surface area contributed by atoms with Crippen LogP contribution < -0.4 is 0 Å². The Bertz CT molecular complexity index is 354. The van der Waals surface area contributed by atoms with E-state index >= 15 is 0 Å². The van der Waals surface area contributed by atoms with E-state index in [4.69, 9.17) is 9.47 Å². The van der Waals surface area contributed by atoms with Gasteiger partial charge in [-0.25, -0.2) is 4.79 Å². The largest absolute Gasteiger partial charge is 0.452 e. The molecule has 0 aromatic carbocycles. The average Bonchev–Trinajstić information content (AvgIpc) is 3.21. The molecule has 0 unspecified atom stereocenters. The Morgan fingerprint density at radius 2 is 2.00 bits per heavy atom. The third kappa shape index (κ3) is 3.84. The van der Waals surface area contributed by atoms with E-state index in [1.807, 2.05) is 6.92 Å². The number of hydrogen-bond donors (Lipinski definition) is 0. The number of nitrogens with zero attached hydrogens (tertiary/aromatic N) is 1. The van der Waals surface area contributed by atoms with Crippen LogP contribution in [0.25, 0.3) is 0 Å². The van der Waals surface area contributed by atoms with Gasteiger partial charge in [-0.1, -0.05) is 5.57 Å². The van der Waals surface area contributed by atoms with E-state index in [-0.39, 0.29) is 12.5 Å². The van der Waals surface area contributed by atoms with E-state index in [1.54, 1.807) is 4.90 Å². The molecule has 2 aliphatic rings. The van der Waals surface area contributed by atoms with Crippen LogP contribution in [-0.2, 0) is 19.1 Å². The molecule has 2 fully saturated rings. The van der Waals surface area contributed by atoms with Crippen molar-refractivity contribution in [2.45, 2.75) is 19.8 Å². The lowest BCUT2D eigenvalue weighted by atomic mass is 10.2. The van der Waals surface area contributed by atoms with E-state index in [1.165, 1.54) is 6.08 Å². The summed E-state index contributed by atoms with van der Waals surface area (Å²) in [4.78, 5) is 24.8. The molecule has 0 aromatic rings. The standard InChI is InChI=1S/C13H19NO4/c1-10(11-2-3-11)8-13(16)18-9-12(15)14-4-6-17-7-5-14/h8,11H,2-7,9H2,1H3/b10-8+. The van der Waals surface area contributed by atoms with Crippen LogP contribution in [0.1, 0.15) is 19.8 Å². The van der Waals surface area contributed by atoms with Crippen LogP contribution in [0.2, 0.25) is 0 Å². The molecule has 1 saturated carbocycles. The Balaban J connectivity index is 1.71. The summed E-state index contributed by atoms with van der Waals surface area (Å²) >= 11 is 0. The molecule has 1 heterocycles. The minimum atomic E-state index is -0.416. The van der Waals surface area contributed by atoms with E-state index in [0.717, 1.165) is 18.4 Å². The predicted octanol–water partition coefficient (Wildman–Crippen LogP) is 0.745. The Labute approximate surface area is 107 Å². The van der Waals surface area contributed by atoms with Crippen molar-refractivity contribution in [1.82, 2.24) is 4.90 Å². The Morgan fingerprint density at radius 1 is 1.33 bits per heavy atom. The first-order valence-corrected chi connectivity index (χ1v) is 6.37. The fourth-order valence-electron chi connectivity index (χ4n) is 1.92. The van der Waals surface area contributed by atoms with Crippen molar-refractivity contribution in [1.29, 1.82) is 0 Å². The lowest BCUT2D eigenvalue weighted by Crippen LogP contribution is -2.42. The van der Waals surface area contributed by atoms with Crippen LogP contribution in [0.3, 0.4) is 0 Å². The fraction of sp³-hybridized carbons (Fsp3) is 0.692. The van der Waals surface area contributed by atoms with Crippen LogP contribution in [0, 0.1) is 5.92 Å². The number of amides is 1. The summed E-state index contributed by atoms with van der Waals surface area (Å²) in [5.41, 5.74) is 1.05. The maximum absolute atomic E-state index is 11.7. The Kier molecular flexibility index (Phi) is 4.36. The minimum Gasteiger partial charge on any atom is -0.452 e. The van der Waals surface area contributed by atoms with E-state index in [2.05, 4.69) is 0 Å². The quantitative estimate of drug-likeness (QED) is 0.548. The van der Waals surface area contributed by atoms with Crippen molar-refractivity contribution < 1.29 is 19.1 Å². The smallest absolute Gasteiger partial charge is 0.331 e. The minimum absolute atomic E-state index is 0.149. The van der Waals surface area contributed by atoms with Crippen LogP contribution in [0.15, 0.2) is 11.6 Å². The van der Waals surface area contributed by atoms with Crippen molar-refractivity contribution >= 4 is 11.9 Å². The first kappa shape index (κ1) is 13.1. The van der Waals surface area contributed by atoms with Gasteiger partial charge in [-0.3, -0.25) is 4.79 Å². The van der Waals surface area contributed by atoms with Crippen molar-refractivity contribution in [3.63, 3.8) is 0 Å². The predicted molar refractivity (Wildman–Crippen MR) is 64.8 cm³/mol. The van der Waals surface area contributed by atoms with Crippen LogP contribution in [0.4, 0.5) is 0 Å². The van der Waals surface area contributed by atoms with Crippen molar-refractivity contribution in [3.8, 4) is 0 Å². The molecule has 0 spiro atoms. The van der Waals surface area contributed by atoms with Crippen molar-refractivity contribution in [2.24, 2.45) is 5.92 Å². The summed E-state index contributed by atoms with van der Waals surface area (Å²) in [5.74, 6) is -0.0161. The average molecular weight is 253 g/mol. The van der Waals surface area contributed by atoms with Crippen molar-refractivity contribution in [2.75, 3.05) is 32.9 Å². The third-order valence-electron chi connectivity index (χ3n) is 3.27. The number of hydrogen-bond acceptors (Lipinski definition) is 4. The summed E-state index contributed by atoms with van der Waals surface area (Å²) < 4.78 is 10.1. The lowest BCUT2D eigenvalue weighted by Gasteiger charge is -2.26. The summed E-state index contributed by atoms with van der Waals surface area (Å²) in [6.07, 6.45) is 3.81. The molecule has 5 heteroatoms.